The molecule has 0 spiro atoms. The molecule has 3 N–H and O–H groups in total. The van der Waals surface area contributed by atoms with Gasteiger partial charge in [0.05, 0.1) is 17.9 Å². The maximum absolute atomic E-state index is 13.3. The zero-order chi connectivity index (χ0) is 26.0. The van der Waals surface area contributed by atoms with Crippen molar-refractivity contribution in [1.29, 1.82) is 0 Å². The minimum atomic E-state index is -1.54. The van der Waals surface area contributed by atoms with Crippen LogP contribution in [-0.2, 0) is 20.8 Å². The summed E-state index contributed by atoms with van der Waals surface area (Å²) in [7, 11) is 0. The van der Waals surface area contributed by atoms with Gasteiger partial charge in [-0.2, -0.15) is 0 Å². The number of carbonyl (C=O) groups is 1. The second-order valence-corrected chi connectivity index (χ2v) is 9.92. The molecule has 7 nitrogen and oxygen atoms in total. The Labute approximate surface area is 216 Å². The van der Waals surface area contributed by atoms with Crippen molar-refractivity contribution in [3.05, 3.63) is 90.5 Å². The quantitative estimate of drug-likeness (QED) is 0.238. The number of hydrogen-bond donors (Lipinski definition) is 3. The Kier molecular flexibility index (Phi) is 10.5. The Morgan fingerprint density at radius 2 is 1.56 bits per heavy atom. The molecule has 36 heavy (non-hydrogen) atoms. The van der Waals surface area contributed by atoms with Gasteiger partial charge in [0.15, 0.2) is 10.7 Å². The number of benzene rings is 3. The first-order chi connectivity index (χ1) is 17.3. The van der Waals surface area contributed by atoms with Gasteiger partial charge in [-0.15, -0.1) is 4.72 Å². The van der Waals surface area contributed by atoms with Crippen LogP contribution in [0.4, 0.5) is 0 Å². The molecule has 0 bridgehead atoms. The van der Waals surface area contributed by atoms with Crippen LogP contribution in [0.2, 0.25) is 0 Å². The molecule has 3 atom stereocenters. The standard InChI is InChI=1S/C28H34N2O5S/c1-4-34-24(25(35-28(2,3)32)19-29-27(31)22-15-9-6-10-16-22)20-30-36(33)26-18-12-11-17-23(26)21-13-7-5-8-14-21/h5-18,24-25,30,32H,4,19-20H2,1-3H3,(H,29,31). The highest BCUT2D eigenvalue weighted by Gasteiger charge is 2.31. The third kappa shape index (κ3) is 8.44. The van der Waals surface area contributed by atoms with Crippen molar-refractivity contribution < 1.29 is 23.9 Å². The highest BCUT2D eigenvalue weighted by Crippen LogP contribution is 2.27. The molecule has 3 unspecified atom stereocenters. The number of carbonyl (C=O) groups excluding carboxylic acids is 1. The van der Waals surface area contributed by atoms with Crippen molar-refractivity contribution in [3.8, 4) is 11.1 Å². The Bertz CT molecular complexity index is 1080. The van der Waals surface area contributed by atoms with Gasteiger partial charge in [-0.05, 0) is 50.6 Å². The molecule has 3 aromatic rings. The third-order valence-electron chi connectivity index (χ3n) is 5.32. The van der Waals surface area contributed by atoms with E-state index in [0.717, 1.165) is 11.1 Å². The smallest absolute Gasteiger partial charge is 0.251 e. The van der Waals surface area contributed by atoms with E-state index in [1.807, 2.05) is 67.6 Å². The fourth-order valence-electron chi connectivity index (χ4n) is 3.74. The molecular weight excluding hydrogens is 476 g/mol. The van der Waals surface area contributed by atoms with Crippen LogP contribution < -0.4 is 10.0 Å². The third-order valence-corrected chi connectivity index (χ3v) is 6.51. The van der Waals surface area contributed by atoms with Crippen molar-refractivity contribution in [2.75, 3.05) is 19.7 Å². The average molecular weight is 511 g/mol. The highest BCUT2D eigenvalue weighted by molar-refractivity contribution is 7.89. The monoisotopic (exact) mass is 510 g/mol. The molecule has 0 saturated heterocycles. The number of rotatable bonds is 13. The molecule has 0 aliphatic carbocycles. The molecule has 1 amide bonds. The highest BCUT2D eigenvalue weighted by atomic mass is 32.2. The van der Waals surface area contributed by atoms with Crippen LogP contribution in [0.15, 0.2) is 89.8 Å². The van der Waals surface area contributed by atoms with Crippen LogP contribution in [0.25, 0.3) is 11.1 Å². The van der Waals surface area contributed by atoms with Crippen LogP contribution in [0.1, 0.15) is 31.1 Å². The van der Waals surface area contributed by atoms with Crippen LogP contribution in [-0.4, -0.2) is 53.3 Å². The maximum Gasteiger partial charge on any atom is 0.251 e. The fraction of sp³-hybridized carbons (Fsp3) is 0.321. The Morgan fingerprint density at radius 3 is 2.19 bits per heavy atom. The molecule has 0 aliphatic heterocycles. The number of amides is 1. The zero-order valence-electron chi connectivity index (χ0n) is 20.8. The minimum absolute atomic E-state index is 0.0945. The first-order valence-corrected chi connectivity index (χ1v) is 13.1. The van der Waals surface area contributed by atoms with E-state index in [1.165, 1.54) is 13.8 Å². The van der Waals surface area contributed by atoms with E-state index in [9.17, 15) is 14.5 Å². The first kappa shape index (κ1) is 27.9. The normalized spacial score (nSPS) is 14.1. The van der Waals surface area contributed by atoms with E-state index in [1.54, 1.807) is 24.3 Å². The molecular formula is C28H34N2O5S. The summed E-state index contributed by atoms with van der Waals surface area (Å²) in [5.41, 5.74) is 2.36. The lowest BCUT2D eigenvalue weighted by Crippen LogP contribution is -2.50. The number of nitrogens with one attached hydrogen (secondary N) is 2. The minimum Gasteiger partial charge on any atom is -0.593 e. The summed E-state index contributed by atoms with van der Waals surface area (Å²) >= 11 is -1.54. The van der Waals surface area contributed by atoms with Gasteiger partial charge in [0, 0.05) is 24.3 Å². The van der Waals surface area contributed by atoms with Crippen molar-refractivity contribution in [2.24, 2.45) is 0 Å². The lowest BCUT2D eigenvalue weighted by Gasteiger charge is -2.32. The van der Waals surface area contributed by atoms with Gasteiger partial charge in [0.2, 0.25) is 0 Å². The fourth-order valence-corrected chi connectivity index (χ4v) is 4.80. The summed E-state index contributed by atoms with van der Waals surface area (Å²) in [6.07, 6.45) is -1.29. The van der Waals surface area contributed by atoms with E-state index >= 15 is 0 Å². The lowest BCUT2D eigenvalue weighted by atomic mass is 10.1. The largest absolute Gasteiger partial charge is 0.593 e. The first-order valence-electron chi connectivity index (χ1n) is 11.9. The molecule has 8 heteroatoms. The SMILES string of the molecule is CCOC(CN[S+]([O-])c1ccccc1-c1ccccc1)C(CNC(=O)c1ccccc1)OC(C)(C)O. The summed E-state index contributed by atoms with van der Waals surface area (Å²) in [4.78, 5) is 13.2. The van der Waals surface area contributed by atoms with Gasteiger partial charge in [-0.3, -0.25) is 4.79 Å². The number of hydrogen-bond acceptors (Lipinski definition) is 6. The molecule has 3 rings (SSSR count). The van der Waals surface area contributed by atoms with E-state index in [0.29, 0.717) is 17.1 Å². The summed E-state index contributed by atoms with van der Waals surface area (Å²) in [5.74, 6) is -1.72. The number of ether oxygens (including phenoxy) is 2. The van der Waals surface area contributed by atoms with Crippen LogP contribution in [0.3, 0.4) is 0 Å². The molecule has 0 heterocycles. The average Bonchev–Trinajstić information content (AvgIpc) is 2.89. The topological polar surface area (TPSA) is 103 Å². The molecule has 0 fully saturated rings. The van der Waals surface area contributed by atoms with Crippen LogP contribution >= 0.6 is 0 Å². The van der Waals surface area contributed by atoms with Gasteiger partial charge in [-0.1, -0.05) is 60.7 Å². The number of aliphatic hydroxyl groups is 1. The van der Waals surface area contributed by atoms with Gasteiger partial charge in [-0.25, -0.2) is 0 Å². The van der Waals surface area contributed by atoms with Gasteiger partial charge in [0.25, 0.3) is 5.91 Å². The van der Waals surface area contributed by atoms with Crippen molar-refractivity contribution >= 4 is 17.3 Å². The maximum atomic E-state index is 13.3. The Morgan fingerprint density at radius 1 is 0.944 bits per heavy atom. The van der Waals surface area contributed by atoms with E-state index in [2.05, 4.69) is 10.0 Å². The van der Waals surface area contributed by atoms with E-state index in [4.69, 9.17) is 9.47 Å². The zero-order valence-corrected chi connectivity index (χ0v) is 21.7. The van der Waals surface area contributed by atoms with Crippen molar-refractivity contribution in [2.45, 2.75) is 43.7 Å². The predicted octanol–water partition coefficient (Wildman–Crippen LogP) is 3.91. The summed E-state index contributed by atoms with van der Waals surface area (Å²) in [5, 5.41) is 13.2. The molecule has 0 radical (unpaired) electrons. The second-order valence-electron chi connectivity index (χ2n) is 8.65. The van der Waals surface area contributed by atoms with Gasteiger partial charge < -0.3 is 24.4 Å². The molecule has 3 aromatic carbocycles. The molecule has 0 aromatic heterocycles. The van der Waals surface area contributed by atoms with E-state index < -0.39 is 29.4 Å². The summed E-state index contributed by atoms with van der Waals surface area (Å²) in [6.45, 7) is 5.52. The molecule has 0 aliphatic rings. The molecule has 192 valence electrons. The van der Waals surface area contributed by atoms with Crippen LogP contribution in [0.5, 0.6) is 0 Å². The Balaban J connectivity index is 1.72. The lowest BCUT2D eigenvalue weighted by molar-refractivity contribution is -0.227. The summed E-state index contributed by atoms with van der Waals surface area (Å²) < 4.78 is 28.1. The predicted molar refractivity (Wildman–Crippen MR) is 142 cm³/mol. The molecule has 0 saturated carbocycles. The van der Waals surface area contributed by atoms with Gasteiger partial charge in [0.1, 0.15) is 12.2 Å². The van der Waals surface area contributed by atoms with Crippen LogP contribution in [0, 0.1) is 0 Å². The van der Waals surface area contributed by atoms with Gasteiger partial charge >= 0.3 is 0 Å². The summed E-state index contributed by atoms with van der Waals surface area (Å²) in [6, 6.07) is 26.1. The second kappa shape index (κ2) is 13.5. The van der Waals surface area contributed by atoms with Crippen molar-refractivity contribution in [3.63, 3.8) is 0 Å². The van der Waals surface area contributed by atoms with Crippen molar-refractivity contribution in [1.82, 2.24) is 10.0 Å². The van der Waals surface area contributed by atoms with E-state index in [-0.39, 0.29) is 19.0 Å². The Hall–Kier alpha value is -2.72.